The van der Waals surface area contributed by atoms with Gasteiger partial charge in [0.05, 0.1) is 13.2 Å². The number of aliphatic hydroxyl groups excluding tert-OH is 1. The zero-order chi connectivity index (χ0) is 26.9. The SMILES string of the molecule is CCCCCCCCCCC(=O)NCCOP(=O)(O)OCC(O)COC(=O)CCCCCCCCC. The Morgan fingerprint density at radius 1 is 0.750 bits per heavy atom. The molecule has 36 heavy (non-hydrogen) atoms. The summed E-state index contributed by atoms with van der Waals surface area (Å²) in [6, 6.07) is 0. The van der Waals surface area contributed by atoms with Crippen LogP contribution in [0.1, 0.15) is 123 Å². The fourth-order valence-corrected chi connectivity index (χ4v) is 4.37. The van der Waals surface area contributed by atoms with Gasteiger partial charge in [-0.25, -0.2) is 4.57 Å². The van der Waals surface area contributed by atoms with Gasteiger partial charge in [-0.2, -0.15) is 0 Å². The molecule has 0 heterocycles. The molecule has 0 aromatic heterocycles. The molecule has 2 atom stereocenters. The van der Waals surface area contributed by atoms with E-state index in [4.69, 9.17) is 13.8 Å². The van der Waals surface area contributed by atoms with Gasteiger partial charge < -0.3 is 20.1 Å². The summed E-state index contributed by atoms with van der Waals surface area (Å²) in [5.74, 6) is -0.527. The topological polar surface area (TPSA) is 131 Å². The molecule has 214 valence electrons. The fraction of sp³-hybridized carbons (Fsp3) is 0.923. The van der Waals surface area contributed by atoms with E-state index >= 15 is 0 Å². The number of amides is 1. The summed E-state index contributed by atoms with van der Waals surface area (Å²) in [4.78, 5) is 33.2. The minimum absolute atomic E-state index is 0.0858. The minimum Gasteiger partial charge on any atom is -0.463 e. The first kappa shape index (κ1) is 35.0. The molecule has 10 heteroatoms. The molecule has 0 aliphatic rings. The van der Waals surface area contributed by atoms with Crippen LogP contribution in [0.2, 0.25) is 0 Å². The van der Waals surface area contributed by atoms with Crippen molar-refractivity contribution in [3.8, 4) is 0 Å². The van der Waals surface area contributed by atoms with E-state index in [0.717, 1.165) is 38.5 Å². The summed E-state index contributed by atoms with van der Waals surface area (Å²) in [6.45, 7) is 3.43. The second-order valence-corrected chi connectivity index (χ2v) is 10.8. The average Bonchev–Trinajstić information content (AvgIpc) is 2.85. The van der Waals surface area contributed by atoms with Crippen LogP contribution in [0.4, 0.5) is 0 Å². The van der Waals surface area contributed by atoms with Gasteiger partial charge in [-0.1, -0.05) is 97.3 Å². The van der Waals surface area contributed by atoms with E-state index in [1.54, 1.807) is 0 Å². The summed E-state index contributed by atoms with van der Waals surface area (Å²) >= 11 is 0. The maximum absolute atomic E-state index is 11.9. The first-order valence-electron chi connectivity index (χ1n) is 14.0. The normalized spacial score (nSPS) is 13.8. The molecule has 0 saturated carbocycles. The number of esters is 1. The van der Waals surface area contributed by atoms with Gasteiger partial charge in [-0.3, -0.25) is 18.6 Å². The van der Waals surface area contributed by atoms with Crippen molar-refractivity contribution in [3.63, 3.8) is 0 Å². The molecule has 9 nitrogen and oxygen atoms in total. The van der Waals surface area contributed by atoms with E-state index in [0.29, 0.717) is 6.42 Å². The lowest BCUT2D eigenvalue weighted by Crippen LogP contribution is -2.27. The number of rotatable bonds is 26. The molecule has 0 aliphatic heterocycles. The van der Waals surface area contributed by atoms with Crippen LogP contribution in [0.15, 0.2) is 0 Å². The number of phosphoric acid groups is 1. The van der Waals surface area contributed by atoms with E-state index in [9.17, 15) is 24.2 Å². The Kier molecular flexibility index (Phi) is 23.7. The average molecular weight is 538 g/mol. The van der Waals surface area contributed by atoms with Crippen LogP contribution in [-0.2, 0) is 27.9 Å². The number of hydrogen-bond donors (Lipinski definition) is 3. The first-order chi connectivity index (χ1) is 17.3. The Morgan fingerprint density at radius 2 is 1.25 bits per heavy atom. The van der Waals surface area contributed by atoms with Crippen molar-refractivity contribution in [1.29, 1.82) is 0 Å². The third kappa shape index (κ3) is 24.7. The van der Waals surface area contributed by atoms with E-state index in [1.807, 2.05) is 0 Å². The van der Waals surface area contributed by atoms with E-state index in [-0.39, 0.29) is 32.1 Å². The van der Waals surface area contributed by atoms with Crippen molar-refractivity contribution in [2.45, 2.75) is 129 Å². The van der Waals surface area contributed by atoms with Crippen molar-refractivity contribution in [2.75, 3.05) is 26.4 Å². The maximum Gasteiger partial charge on any atom is 0.472 e. The van der Waals surface area contributed by atoms with Crippen molar-refractivity contribution < 1.29 is 37.9 Å². The molecule has 0 spiro atoms. The van der Waals surface area contributed by atoms with E-state index < -0.39 is 26.5 Å². The first-order valence-corrected chi connectivity index (χ1v) is 15.5. The highest BCUT2D eigenvalue weighted by molar-refractivity contribution is 7.47. The van der Waals surface area contributed by atoms with Gasteiger partial charge in [0, 0.05) is 19.4 Å². The van der Waals surface area contributed by atoms with Crippen LogP contribution in [0.3, 0.4) is 0 Å². The van der Waals surface area contributed by atoms with Crippen LogP contribution >= 0.6 is 7.82 Å². The molecule has 0 fully saturated rings. The molecule has 0 bridgehead atoms. The number of hydrogen-bond acceptors (Lipinski definition) is 7. The monoisotopic (exact) mass is 537 g/mol. The van der Waals surface area contributed by atoms with Crippen LogP contribution in [0.25, 0.3) is 0 Å². The summed E-state index contributed by atoms with van der Waals surface area (Å²) < 4.78 is 26.4. The lowest BCUT2D eigenvalue weighted by Gasteiger charge is -2.15. The fourth-order valence-electron chi connectivity index (χ4n) is 3.61. The standard InChI is InChI=1S/C26H52NO8P/c1-3-5-7-9-11-13-14-16-18-25(29)27-20-21-34-36(31,32)35-23-24(28)22-33-26(30)19-17-15-12-10-8-6-4-2/h24,28H,3-23H2,1-2H3,(H,27,29)(H,31,32). The predicted molar refractivity (Wildman–Crippen MR) is 142 cm³/mol. The molecule has 0 rings (SSSR count). The Hall–Kier alpha value is -0.990. The molecule has 0 saturated heterocycles. The molecule has 3 N–H and O–H groups in total. The van der Waals surface area contributed by atoms with Gasteiger partial charge in [0.1, 0.15) is 12.7 Å². The Bertz CT molecular complexity index is 590. The number of carbonyl (C=O) groups is 2. The second kappa shape index (κ2) is 24.4. The summed E-state index contributed by atoms with van der Waals surface area (Å²) in [5, 5.41) is 12.5. The smallest absolute Gasteiger partial charge is 0.463 e. The van der Waals surface area contributed by atoms with E-state index in [1.165, 1.54) is 57.8 Å². The lowest BCUT2D eigenvalue weighted by molar-refractivity contribution is -0.147. The number of aliphatic hydroxyl groups is 1. The molecular formula is C26H52NO8P. The van der Waals surface area contributed by atoms with Crippen molar-refractivity contribution in [2.24, 2.45) is 0 Å². The highest BCUT2D eigenvalue weighted by atomic mass is 31.2. The molecule has 1 amide bonds. The van der Waals surface area contributed by atoms with E-state index in [2.05, 4.69) is 19.2 Å². The molecular weight excluding hydrogens is 485 g/mol. The zero-order valence-electron chi connectivity index (χ0n) is 22.7. The third-order valence-electron chi connectivity index (χ3n) is 5.79. The predicted octanol–water partition coefficient (Wildman–Crippen LogP) is 5.81. The van der Waals surface area contributed by atoms with Crippen LogP contribution in [-0.4, -0.2) is 54.3 Å². The van der Waals surface area contributed by atoms with Gasteiger partial charge in [-0.15, -0.1) is 0 Å². The molecule has 2 unspecified atom stereocenters. The largest absolute Gasteiger partial charge is 0.472 e. The summed E-state index contributed by atoms with van der Waals surface area (Å²) in [5.41, 5.74) is 0. The minimum atomic E-state index is -4.38. The van der Waals surface area contributed by atoms with Crippen molar-refractivity contribution >= 4 is 19.7 Å². The van der Waals surface area contributed by atoms with Crippen LogP contribution in [0.5, 0.6) is 0 Å². The number of carbonyl (C=O) groups excluding carboxylic acids is 2. The molecule has 0 aliphatic carbocycles. The maximum atomic E-state index is 11.9. The highest BCUT2D eigenvalue weighted by Crippen LogP contribution is 2.42. The Morgan fingerprint density at radius 3 is 1.81 bits per heavy atom. The Labute approximate surface area is 218 Å². The van der Waals surface area contributed by atoms with Crippen LogP contribution in [0, 0.1) is 0 Å². The van der Waals surface area contributed by atoms with Crippen LogP contribution < -0.4 is 5.32 Å². The molecule has 0 aromatic carbocycles. The second-order valence-electron chi connectivity index (χ2n) is 9.38. The van der Waals surface area contributed by atoms with Gasteiger partial charge in [0.25, 0.3) is 0 Å². The quantitative estimate of drug-likeness (QED) is 0.0715. The Balaban J connectivity index is 3.70. The van der Waals surface area contributed by atoms with Gasteiger partial charge >= 0.3 is 13.8 Å². The zero-order valence-corrected chi connectivity index (χ0v) is 23.6. The summed E-state index contributed by atoms with van der Waals surface area (Å²) in [7, 11) is -4.38. The van der Waals surface area contributed by atoms with Gasteiger partial charge in [-0.05, 0) is 12.8 Å². The van der Waals surface area contributed by atoms with Crippen molar-refractivity contribution in [3.05, 3.63) is 0 Å². The molecule has 0 radical (unpaired) electrons. The number of ether oxygens (including phenoxy) is 1. The number of unbranched alkanes of at least 4 members (excludes halogenated alkanes) is 13. The number of phosphoric ester groups is 1. The van der Waals surface area contributed by atoms with Crippen molar-refractivity contribution in [1.82, 2.24) is 5.32 Å². The number of nitrogens with one attached hydrogen (secondary N) is 1. The molecule has 0 aromatic rings. The lowest BCUT2D eigenvalue weighted by atomic mass is 10.1. The van der Waals surface area contributed by atoms with Gasteiger partial charge in [0.15, 0.2) is 0 Å². The third-order valence-corrected chi connectivity index (χ3v) is 6.77. The highest BCUT2D eigenvalue weighted by Gasteiger charge is 2.23. The summed E-state index contributed by atoms with van der Waals surface area (Å²) in [6.07, 6.45) is 16.3. The van der Waals surface area contributed by atoms with Gasteiger partial charge in [0.2, 0.25) is 5.91 Å².